The first-order chi connectivity index (χ1) is 12.6. The van der Waals surface area contributed by atoms with Crippen molar-refractivity contribution < 1.29 is 4.39 Å². The number of rotatable bonds is 3. The van der Waals surface area contributed by atoms with Crippen molar-refractivity contribution in [1.29, 1.82) is 0 Å². The predicted molar refractivity (Wildman–Crippen MR) is 104 cm³/mol. The van der Waals surface area contributed by atoms with Gasteiger partial charge in [0, 0.05) is 36.5 Å². The van der Waals surface area contributed by atoms with Gasteiger partial charge in [0.25, 0.3) is 0 Å². The second-order valence-corrected chi connectivity index (χ2v) is 7.50. The monoisotopic (exact) mass is 388 g/mol. The zero-order valence-corrected chi connectivity index (χ0v) is 15.7. The minimum Gasteiger partial charge on any atom is -0.350 e. The van der Waals surface area contributed by atoms with Gasteiger partial charge in [-0.05, 0) is 53.9 Å². The Morgan fingerprint density at radius 3 is 2.69 bits per heavy atom. The van der Waals surface area contributed by atoms with Gasteiger partial charge < -0.3 is 4.57 Å². The van der Waals surface area contributed by atoms with Crippen LogP contribution >= 0.6 is 23.2 Å². The van der Waals surface area contributed by atoms with E-state index in [0.29, 0.717) is 6.54 Å². The van der Waals surface area contributed by atoms with Crippen molar-refractivity contribution in [1.82, 2.24) is 9.47 Å². The number of benzene rings is 2. The molecule has 2 aromatic carbocycles. The van der Waals surface area contributed by atoms with Gasteiger partial charge in [0.1, 0.15) is 5.82 Å². The summed E-state index contributed by atoms with van der Waals surface area (Å²) >= 11 is 12.3. The van der Waals surface area contributed by atoms with Crippen molar-refractivity contribution in [2.75, 3.05) is 6.54 Å². The summed E-state index contributed by atoms with van der Waals surface area (Å²) in [5.41, 5.74) is 3.41. The average molecular weight is 389 g/mol. The minimum atomic E-state index is -0.383. The average Bonchev–Trinajstić information content (AvgIpc) is 3.00. The standard InChI is InChI=1S/C21H19Cl2FN2/c22-17-5-1-4-16(13-17)21-20-6-2-9-25(20)10-3-11-26(21)14-15-7-8-19(24)18(23)12-15/h1-2,4-9,12-13,21H,3,10-11,14H2/t21-/m0/s1. The number of aromatic nitrogens is 1. The molecule has 134 valence electrons. The molecule has 0 saturated carbocycles. The Morgan fingerprint density at radius 1 is 1.00 bits per heavy atom. The van der Waals surface area contributed by atoms with Crippen molar-refractivity contribution in [3.8, 4) is 0 Å². The Morgan fingerprint density at radius 2 is 1.88 bits per heavy atom. The third kappa shape index (κ3) is 3.52. The molecule has 0 bridgehead atoms. The summed E-state index contributed by atoms with van der Waals surface area (Å²) in [6.07, 6.45) is 3.18. The number of hydrogen-bond donors (Lipinski definition) is 0. The molecule has 0 amide bonds. The minimum absolute atomic E-state index is 0.0926. The summed E-state index contributed by atoms with van der Waals surface area (Å²) in [5, 5.41) is 0.898. The second kappa shape index (κ2) is 7.43. The molecule has 0 spiro atoms. The van der Waals surface area contributed by atoms with E-state index in [1.54, 1.807) is 12.1 Å². The van der Waals surface area contributed by atoms with Crippen LogP contribution < -0.4 is 0 Å². The van der Waals surface area contributed by atoms with Crippen LogP contribution in [0, 0.1) is 5.82 Å². The highest BCUT2D eigenvalue weighted by Crippen LogP contribution is 2.34. The molecule has 0 radical (unpaired) electrons. The smallest absolute Gasteiger partial charge is 0.141 e. The van der Waals surface area contributed by atoms with Crippen molar-refractivity contribution >= 4 is 23.2 Å². The normalized spacial score (nSPS) is 17.7. The molecular formula is C21H19Cl2FN2. The van der Waals surface area contributed by atoms with Crippen molar-refractivity contribution in [3.05, 3.63) is 93.5 Å². The largest absolute Gasteiger partial charge is 0.350 e. The first kappa shape index (κ1) is 17.6. The Balaban J connectivity index is 1.74. The number of aryl methyl sites for hydroxylation is 1. The molecule has 2 heterocycles. The Kier molecular flexibility index (Phi) is 5.03. The molecule has 1 aromatic heterocycles. The summed E-state index contributed by atoms with van der Waals surface area (Å²) in [6.45, 7) is 2.62. The topological polar surface area (TPSA) is 8.17 Å². The Labute approximate surface area is 162 Å². The summed E-state index contributed by atoms with van der Waals surface area (Å²) in [6, 6.07) is 17.3. The molecule has 0 fully saturated rings. The number of halogens is 3. The van der Waals surface area contributed by atoms with Gasteiger partial charge in [-0.1, -0.05) is 41.4 Å². The van der Waals surface area contributed by atoms with Gasteiger partial charge in [-0.3, -0.25) is 4.90 Å². The molecule has 1 aliphatic heterocycles. The van der Waals surface area contributed by atoms with Crippen LogP contribution in [0.2, 0.25) is 10.0 Å². The molecule has 0 aliphatic carbocycles. The van der Waals surface area contributed by atoms with Gasteiger partial charge in [0.15, 0.2) is 0 Å². The van der Waals surface area contributed by atoms with Crippen LogP contribution in [0.1, 0.15) is 29.3 Å². The van der Waals surface area contributed by atoms with E-state index in [2.05, 4.69) is 33.9 Å². The van der Waals surface area contributed by atoms with Crippen molar-refractivity contribution in [2.24, 2.45) is 0 Å². The van der Waals surface area contributed by atoms with Gasteiger partial charge in [-0.25, -0.2) is 4.39 Å². The van der Waals surface area contributed by atoms with Crippen LogP contribution in [0.15, 0.2) is 60.8 Å². The van der Waals surface area contributed by atoms with E-state index < -0.39 is 0 Å². The third-order valence-electron chi connectivity index (χ3n) is 4.89. The fourth-order valence-electron chi connectivity index (χ4n) is 3.74. The molecule has 4 rings (SSSR count). The zero-order chi connectivity index (χ0) is 18.1. The fourth-order valence-corrected chi connectivity index (χ4v) is 4.14. The van der Waals surface area contributed by atoms with Crippen LogP contribution in [0.4, 0.5) is 4.39 Å². The van der Waals surface area contributed by atoms with E-state index in [4.69, 9.17) is 23.2 Å². The Hall–Kier alpha value is -1.81. The van der Waals surface area contributed by atoms with Gasteiger partial charge in [-0.2, -0.15) is 0 Å². The van der Waals surface area contributed by atoms with Crippen molar-refractivity contribution in [2.45, 2.75) is 25.6 Å². The summed E-state index contributed by atoms with van der Waals surface area (Å²) in [7, 11) is 0. The summed E-state index contributed by atoms with van der Waals surface area (Å²) in [4.78, 5) is 2.41. The lowest BCUT2D eigenvalue weighted by Crippen LogP contribution is -2.29. The van der Waals surface area contributed by atoms with E-state index in [9.17, 15) is 4.39 Å². The maximum Gasteiger partial charge on any atom is 0.141 e. The molecule has 1 aliphatic rings. The van der Waals surface area contributed by atoms with E-state index in [1.165, 1.54) is 11.8 Å². The van der Waals surface area contributed by atoms with Crippen LogP contribution in [0.5, 0.6) is 0 Å². The molecule has 3 aromatic rings. The number of fused-ring (bicyclic) bond motifs is 1. The molecule has 2 nitrogen and oxygen atoms in total. The number of nitrogens with zero attached hydrogens (tertiary/aromatic N) is 2. The van der Waals surface area contributed by atoms with Crippen LogP contribution in [-0.2, 0) is 13.1 Å². The molecule has 0 N–H and O–H groups in total. The lowest BCUT2D eigenvalue weighted by molar-refractivity contribution is 0.220. The van der Waals surface area contributed by atoms with E-state index in [0.717, 1.165) is 35.7 Å². The third-order valence-corrected chi connectivity index (χ3v) is 5.41. The van der Waals surface area contributed by atoms with Gasteiger partial charge in [0.05, 0.1) is 11.1 Å². The van der Waals surface area contributed by atoms with Crippen LogP contribution in [-0.4, -0.2) is 16.0 Å². The lowest BCUT2D eigenvalue weighted by Gasteiger charge is -2.31. The molecule has 1 atom stereocenters. The molecule has 26 heavy (non-hydrogen) atoms. The maximum atomic E-state index is 13.5. The van der Waals surface area contributed by atoms with E-state index in [1.807, 2.05) is 18.2 Å². The van der Waals surface area contributed by atoms with Gasteiger partial charge >= 0.3 is 0 Å². The maximum absolute atomic E-state index is 13.5. The fraction of sp³-hybridized carbons (Fsp3) is 0.238. The Bertz CT molecular complexity index is 922. The molecule has 0 unspecified atom stereocenters. The first-order valence-corrected chi connectivity index (χ1v) is 9.46. The summed E-state index contributed by atoms with van der Waals surface area (Å²) in [5.74, 6) is -0.383. The molecular weight excluding hydrogens is 370 g/mol. The van der Waals surface area contributed by atoms with E-state index >= 15 is 0 Å². The summed E-state index contributed by atoms with van der Waals surface area (Å²) < 4.78 is 15.8. The van der Waals surface area contributed by atoms with Gasteiger partial charge in [-0.15, -0.1) is 0 Å². The zero-order valence-electron chi connectivity index (χ0n) is 14.2. The lowest BCUT2D eigenvalue weighted by atomic mass is 10.0. The SMILES string of the molecule is Fc1ccc(CN2CCCn3cccc3[C@@H]2c2cccc(Cl)c2)cc1Cl. The van der Waals surface area contributed by atoms with Gasteiger partial charge in [0.2, 0.25) is 0 Å². The van der Waals surface area contributed by atoms with Crippen LogP contribution in [0.3, 0.4) is 0 Å². The second-order valence-electron chi connectivity index (χ2n) is 6.66. The van der Waals surface area contributed by atoms with E-state index in [-0.39, 0.29) is 16.9 Å². The highest BCUT2D eigenvalue weighted by Gasteiger charge is 2.27. The van der Waals surface area contributed by atoms with Crippen LogP contribution in [0.25, 0.3) is 0 Å². The molecule has 0 saturated heterocycles. The quantitative estimate of drug-likeness (QED) is 0.539. The number of hydrogen-bond acceptors (Lipinski definition) is 1. The first-order valence-electron chi connectivity index (χ1n) is 8.70. The highest BCUT2D eigenvalue weighted by atomic mass is 35.5. The predicted octanol–water partition coefficient (Wildman–Crippen LogP) is 5.93. The molecule has 5 heteroatoms. The van der Waals surface area contributed by atoms with Crippen molar-refractivity contribution in [3.63, 3.8) is 0 Å². The highest BCUT2D eigenvalue weighted by molar-refractivity contribution is 6.31.